The maximum Gasteiger partial charge on any atom is 0.325 e. The van der Waals surface area contributed by atoms with Gasteiger partial charge in [0.15, 0.2) is 0 Å². The summed E-state index contributed by atoms with van der Waals surface area (Å²) in [7, 11) is -3.65. The Labute approximate surface area is 115 Å². The van der Waals surface area contributed by atoms with Crippen molar-refractivity contribution in [1.29, 1.82) is 0 Å². The Kier molecular flexibility index (Phi) is 11.8. The highest BCUT2D eigenvalue weighted by Gasteiger charge is 2.05. The second kappa shape index (κ2) is 11.0. The molecular formula is C13H26NO4P. The monoisotopic (exact) mass is 291 g/mol. The topological polar surface area (TPSA) is 90.7 Å². The summed E-state index contributed by atoms with van der Waals surface area (Å²) in [6.07, 6.45) is 2.48. The Hall–Kier alpha value is -0.900. The molecule has 1 rings (SSSR count). The first-order chi connectivity index (χ1) is 8.76. The molecule has 1 heterocycles. The van der Waals surface area contributed by atoms with Gasteiger partial charge < -0.3 is 14.9 Å². The summed E-state index contributed by atoms with van der Waals surface area (Å²) in [4.78, 5) is 19.9. The predicted octanol–water partition coefficient (Wildman–Crippen LogP) is 3.20. The van der Waals surface area contributed by atoms with Gasteiger partial charge in [-0.05, 0) is 24.5 Å². The van der Waals surface area contributed by atoms with Crippen LogP contribution in [0.5, 0.6) is 5.75 Å². The molecule has 0 atom stereocenters. The highest BCUT2D eigenvalue weighted by Crippen LogP contribution is 2.32. The van der Waals surface area contributed by atoms with E-state index in [0.29, 0.717) is 11.7 Å². The van der Waals surface area contributed by atoms with Crippen LogP contribution in [0, 0.1) is 5.92 Å². The number of pyridine rings is 1. The van der Waals surface area contributed by atoms with Crippen molar-refractivity contribution >= 4 is 7.60 Å². The van der Waals surface area contributed by atoms with Crippen molar-refractivity contribution < 1.29 is 19.5 Å². The van der Waals surface area contributed by atoms with Crippen LogP contribution in [0.2, 0.25) is 0 Å². The van der Waals surface area contributed by atoms with Crippen LogP contribution in [0.15, 0.2) is 18.3 Å². The third-order valence-corrected chi connectivity index (χ3v) is 2.70. The predicted molar refractivity (Wildman–Crippen MR) is 78.4 cm³/mol. The molecule has 1 aromatic rings. The third kappa shape index (κ3) is 13.3. The van der Waals surface area contributed by atoms with Gasteiger partial charge in [-0.15, -0.1) is 0 Å². The normalized spacial score (nSPS) is 10.1. The fourth-order valence-electron chi connectivity index (χ4n) is 0.973. The molecule has 0 aliphatic rings. The number of aromatic hydroxyl groups is 1. The minimum atomic E-state index is -3.65. The smallest absolute Gasteiger partial charge is 0.325 e. The summed E-state index contributed by atoms with van der Waals surface area (Å²) in [6, 6.07) is 3.41. The van der Waals surface area contributed by atoms with E-state index in [1.807, 2.05) is 13.8 Å². The lowest BCUT2D eigenvalue weighted by molar-refractivity contribution is 0.375. The van der Waals surface area contributed by atoms with E-state index in [-0.39, 0.29) is 6.16 Å². The van der Waals surface area contributed by atoms with E-state index in [2.05, 4.69) is 18.8 Å². The van der Waals surface area contributed by atoms with Gasteiger partial charge in [-0.1, -0.05) is 34.6 Å². The zero-order valence-electron chi connectivity index (χ0n) is 12.4. The maximum absolute atomic E-state index is 9.69. The first kappa shape index (κ1) is 20.4. The van der Waals surface area contributed by atoms with Crippen molar-refractivity contribution in [3.8, 4) is 5.75 Å². The van der Waals surface area contributed by atoms with E-state index in [4.69, 9.17) is 9.79 Å². The first-order valence-electron chi connectivity index (χ1n) is 6.43. The van der Waals surface area contributed by atoms with E-state index >= 15 is 0 Å². The quantitative estimate of drug-likeness (QED) is 0.744. The number of hydrogen-bond donors (Lipinski definition) is 3. The minimum absolute atomic E-state index is 0.0625. The molecule has 5 nitrogen and oxygen atoms in total. The highest BCUT2D eigenvalue weighted by molar-refractivity contribution is 7.51. The molecular weight excluding hydrogens is 265 g/mol. The summed E-state index contributed by atoms with van der Waals surface area (Å²) in [6.45, 7) is 9.66. The molecule has 0 saturated carbocycles. The maximum atomic E-state index is 9.69. The minimum Gasteiger partial charge on any atom is -0.506 e. The van der Waals surface area contributed by atoms with Crippen molar-refractivity contribution in [3.63, 3.8) is 0 Å². The Morgan fingerprint density at radius 2 is 1.79 bits per heavy atom. The molecule has 19 heavy (non-hydrogen) atoms. The van der Waals surface area contributed by atoms with E-state index in [9.17, 15) is 9.67 Å². The van der Waals surface area contributed by atoms with Gasteiger partial charge in [0.2, 0.25) is 0 Å². The number of nitrogens with zero attached hydrogens (tertiary/aromatic N) is 1. The van der Waals surface area contributed by atoms with Gasteiger partial charge in [0, 0.05) is 12.4 Å². The zero-order chi connectivity index (χ0) is 15.5. The van der Waals surface area contributed by atoms with E-state index in [0.717, 1.165) is 12.1 Å². The van der Waals surface area contributed by atoms with E-state index in [1.165, 1.54) is 6.92 Å². The Morgan fingerprint density at radius 3 is 2.11 bits per heavy atom. The Balaban J connectivity index is 0. The molecule has 1 aromatic heterocycles. The Morgan fingerprint density at radius 1 is 1.32 bits per heavy atom. The van der Waals surface area contributed by atoms with Crippen LogP contribution < -0.4 is 0 Å². The lowest BCUT2D eigenvalue weighted by atomic mass is 10.1. The molecule has 0 fully saturated rings. The molecule has 0 radical (unpaired) electrons. The van der Waals surface area contributed by atoms with Crippen LogP contribution in [0.3, 0.4) is 0 Å². The summed E-state index contributed by atoms with van der Waals surface area (Å²) < 4.78 is 9.69. The molecule has 0 aliphatic heterocycles. The standard InChI is InChI=1S/C9H13NO.C2H7O3P.C2H6/c1-7(2)6-8-9(11)4-3-5-10-8;1-2-6(3,4)5;1-2/h3-5,7,11H,6H2,1-2H3;2H2,1H3,(H2,3,4,5);1-2H3. The second-order valence-corrected chi connectivity index (χ2v) is 6.01. The van der Waals surface area contributed by atoms with Crippen LogP contribution in [0.25, 0.3) is 0 Å². The molecule has 0 bridgehead atoms. The summed E-state index contributed by atoms with van der Waals surface area (Å²) in [5.41, 5.74) is 0.794. The number of rotatable bonds is 3. The first-order valence-corrected chi connectivity index (χ1v) is 8.23. The summed E-state index contributed by atoms with van der Waals surface area (Å²) in [5, 5.41) is 9.30. The van der Waals surface area contributed by atoms with Gasteiger partial charge in [0.25, 0.3) is 0 Å². The number of hydrogen-bond acceptors (Lipinski definition) is 3. The lowest BCUT2D eigenvalue weighted by Gasteiger charge is -2.04. The van der Waals surface area contributed by atoms with Crippen LogP contribution in [-0.4, -0.2) is 26.0 Å². The fourth-order valence-corrected chi connectivity index (χ4v) is 0.973. The molecule has 3 N–H and O–H groups in total. The fraction of sp³-hybridized carbons (Fsp3) is 0.615. The molecule has 0 amide bonds. The largest absolute Gasteiger partial charge is 0.506 e. The third-order valence-electron chi connectivity index (χ3n) is 1.88. The van der Waals surface area contributed by atoms with Gasteiger partial charge in [0.05, 0.1) is 5.69 Å². The molecule has 0 unspecified atom stereocenters. The molecule has 0 aliphatic carbocycles. The molecule has 0 aromatic carbocycles. The van der Waals surface area contributed by atoms with Crippen molar-refractivity contribution in [1.82, 2.24) is 4.98 Å². The van der Waals surface area contributed by atoms with Gasteiger partial charge in [-0.2, -0.15) is 0 Å². The van der Waals surface area contributed by atoms with Crippen LogP contribution in [0.4, 0.5) is 0 Å². The van der Waals surface area contributed by atoms with Gasteiger partial charge in [-0.3, -0.25) is 9.55 Å². The Bertz CT molecular complexity index is 377. The highest BCUT2D eigenvalue weighted by atomic mass is 31.2. The molecule has 0 spiro atoms. The SMILES string of the molecule is CC.CC(C)Cc1ncccc1O.CCP(=O)(O)O. The molecule has 6 heteroatoms. The van der Waals surface area contributed by atoms with Crippen LogP contribution >= 0.6 is 7.60 Å². The average Bonchev–Trinajstić information content (AvgIpc) is 2.34. The van der Waals surface area contributed by atoms with Crippen LogP contribution in [-0.2, 0) is 11.0 Å². The van der Waals surface area contributed by atoms with Crippen molar-refractivity contribution in [2.24, 2.45) is 5.92 Å². The molecule has 0 saturated heterocycles. The van der Waals surface area contributed by atoms with Crippen molar-refractivity contribution in [2.75, 3.05) is 6.16 Å². The molecule has 112 valence electrons. The van der Waals surface area contributed by atoms with Crippen molar-refractivity contribution in [3.05, 3.63) is 24.0 Å². The van der Waals surface area contributed by atoms with Gasteiger partial charge in [0.1, 0.15) is 5.75 Å². The number of aromatic nitrogens is 1. The van der Waals surface area contributed by atoms with E-state index in [1.54, 1.807) is 18.3 Å². The summed E-state index contributed by atoms with van der Waals surface area (Å²) >= 11 is 0. The van der Waals surface area contributed by atoms with Crippen LogP contribution in [0.1, 0.15) is 40.3 Å². The average molecular weight is 291 g/mol. The van der Waals surface area contributed by atoms with Gasteiger partial charge >= 0.3 is 7.60 Å². The zero-order valence-corrected chi connectivity index (χ0v) is 13.3. The van der Waals surface area contributed by atoms with E-state index < -0.39 is 7.60 Å². The van der Waals surface area contributed by atoms with Gasteiger partial charge in [-0.25, -0.2) is 0 Å². The second-order valence-electron chi connectivity index (χ2n) is 4.05. The van der Waals surface area contributed by atoms with Crippen molar-refractivity contribution in [2.45, 2.75) is 41.0 Å². The lowest BCUT2D eigenvalue weighted by Crippen LogP contribution is -1.96. The summed E-state index contributed by atoms with van der Waals surface area (Å²) in [5.74, 6) is 0.844.